The number of hydrogen-bond donors (Lipinski definition) is 1. The normalized spacial score (nSPS) is 10.8. The third-order valence-electron chi connectivity index (χ3n) is 4.16. The summed E-state index contributed by atoms with van der Waals surface area (Å²) in [6.07, 6.45) is 0.231. The molecule has 0 atom stereocenters. The highest BCUT2D eigenvalue weighted by Gasteiger charge is 2.15. The quantitative estimate of drug-likeness (QED) is 0.590. The zero-order chi connectivity index (χ0) is 20.3. The maximum Gasteiger partial charge on any atom is 0.228 e. The SMILES string of the molecule is Cc1nn(COc2ccc(F)cc2F)c(C)c1NC(=O)Cc1ccc(Br)cc1. The van der Waals surface area contributed by atoms with Crippen LogP contribution in [-0.4, -0.2) is 15.7 Å². The van der Waals surface area contributed by atoms with Crippen molar-refractivity contribution in [3.8, 4) is 5.75 Å². The molecule has 0 spiro atoms. The van der Waals surface area contributed by atoms with Gasteiger partial charge in [0, 0.05) is 10.5 Å². The van der Waals surface area contributed by atoms with Crippen molar-refractivity contribution in [3.63, 3.8) is 0 Å². The number of benzene rings is 2. The van der Waals surface area contributed by atoms with E-state index in [9.17, 15) is 13.6 Å². The molecule has 8 heteroatoms. The number of rotatable bonds is 6. The summed E-state index contributed by atoms with van der Waals surface area (Å²) in [5, 5.41) is 7.18. The van der Waals surface area contributed by atoms with Gasteiger partial charge in [0.05, 0.1) is 23.5 Å². The van der Waals surface area contributed by atoms with Crippen molar-refractivity contribution >= 4 is 27.5 Å². The largest absolute Gasteiger partial charge is 0.468 e. The first-order chi connectivity index (χ1) is 13.3. The number of aromatic nitrogens is 2. The summed E-state index contributed by atoms with van der Waals surface area (Å²) in [5.41, 5.74) is 2.76. The molecule has 0 aliphatic rings. The Morgan fingerprint density at radius 2 is 1.89 bits per heavy atom. The molecule has 0 aliphatic heterocycles. The predicted molar refractivity (Wildman–Crippen MR) is 105 cm³/mol. The van der Waals surface area contributed by atoms with E-state index in [4.69, 9.17) is 4.74 Å². The van der Waals surface area contributed by atoms with E-state index in [1.54, 1.807) is 13.8 Å². The van der Waals surface area contributed by atoms with Crippen molar-refractivity contribution in [3.05, 3.63) is 75.5 Å². The maximum atomic E-state index is 13.7. The van der Waals surface area contributed by atoms with Crippen LogP contribution in [0.1, 0.15) is 17.0 Å². The van der Waals surface area contributed by atoms with Crippen molar-refractivity contribution in [2.45, 2.75) is 27.0 Å². The van der Waals surface area contributed by atoms with Gasteiger partial charge in [-0.2, -0.15) is 5.10 Å². The third kappa shape index (κ3) is 4.75. The fraction of sp³-hybridized carbons (Fsp3) is 0.200. The lowest BCUT2D eigenvalue weighted by molar-refractivity contribution is -0.115. The number of amides is 1. The molecule has 1 heterocycles. The summed E-state index contributed by atoms with van der Waals surface area (Å²) in [6.45, 7) is 3.47. The summed E-state index contributed by atoms with van der Waals surface area (Å²) < 4.78 is 34.5. The number of ether oxygens (including phenoxy) is 1. The summed E-state index contributed by atoms with van der Waals surface area (Å²) in [7, 11) is 0. The zero-order valence-electron chi connectivity index (χ0n) is 15.3. The van der Waals surface area contributed by atoms with Crippen molar-refractivity contribution in [1.29, 1.82) is 0 Å². The molecule has 0 aliphatic carbocycles. The van der Waals surface area contributed by atoms with E-state index in [1.165, 1.54) is 10.7 Å². The average Bonchev–Trinajstić information content (AvgIpc) is 2.90. The Bertz CT molecular complexity index is 1000. The lowest BCUT2D eigenvalue weighted by Crippen LogP contribution is -2.16. The first-order valence-corrected chi connectivity index (χ1v) is 9.29. The van der Waals surface area contributed by atoms with Gasteiger partial charge in [-0.3, -0.25) is 4.79 Å². The number of anilines is 1. The molecule has 1 aromatic heterocycles. The maximum absolute atomic E-state index is 13.7. The Morgan fingerprint density at radius 1 is 1.18 bits per heavy atom. The van der Waals surface area contributed by atoms with Gasteiger partial charge >= 0.3 is 0 Å². The van der Waals surface area contributed by atoms with E-state index < -0.39 is 11.6 Å². The average molecular weight is 450 g/mol. The minimum absolute atomic E-state index is 0.0716. The number of carbonyl (C=O) groups is 1. The number of nitrogens with one attached hydrogen (secondary N) is 1. The van der Waals surface area contributed by atoms with E-state index in [1.807, 2.05) is 24.3 Å². The Kier molecular flexibility index (Phi) is 6.08. The van der Waals surface area contributed by atoms with Crippen molar-refractivity contribution < 1.29 is 18.3 Å². The molecule has 0 bridgehead atoms. The molecule has 0 radical (unpaired) electrons. The molecule has 146 valence electrons. The fourth-order valence-corrected chi connectivity index (χ4v) is 2.96. The second-order valence-electron chi connectivity index (χ2n) is 6.24. The molecule has 0 saturated heterocycles. The van der Waals surface area contributed by atoms with Gasteiger partial charge in [0.15, 0.2) is 18.3 Å². The smallest absolute Gasteiger partial charge is 0.228 e. The van der Waals surface area contributed by atoms with E-state index in [0.29, 0.717) is 17.1 Å². The van der Waals surface area contributed by atoms with E-state index in [2.05, 4.69) is 26.3 Å². The van der Waals surface area contributed by atoms with Crippen LogP contribution in [0.15, 0.2) is 46.9 Å². The van der Waals surface area contributed by atoms with Crippen LogP contribution in [0.3, 0.4) is 0 Å². The first kappa shape index (κ1) is 20.0. The standard InChI is InChI=1S/C20H18BrF2N3O2/c1-12-20(24-19(27)9-14-3-5-15(21)6-4-14)13(2)26(25-12)11-28-18-8-7-16(22)10-17(18)23/h3-8,10H,9,11H2,1-2H3,(H,24,27). The zero-order valence-corrected chi connectivity index (χ0v) is 16.9. The van der Waals surface area contributed by atoms with Crippen LogP contribution in [0, 0.1) is 25.5 Å². The van der Waals surface area contributed by atoms with Crippen LogP contribution < -0.4 is 10.1 Å². The van der Waals surface area contributed by atoms with Crippen molar-refractivity contribution in [2.24, 2.45) is 0 Å². The monoisotopic (exact) mass is 449 g/mol. The Morgan fingerprint density at radius 3 is 2.57 bits per heavy atom. The van der Waals surface area contributed by atoms with E-state index in [-0.39, 0.29) is 24.8 Å². The number of halogens is 3. The van der Waals surface area contributed by atoms with E-state index in [0.717, 1.165) is 22.2 Å². The van der Waals surface area contributed by atoms with Crippen LogP contribution in [-0.2, 0) is 17.9 Å². The van der Waals surface area contributed by atoms with Crippen molar-refractivity contribution in [2.75, 3.05) is 5.32 Å². The predicted octanol–water partition coefficient (Wildman–Crippen LogP) is 4.76. The summed E-state index contributed by atoms with van der Waals surface area (Å²) in [4.78, 5) is 12.4. The van der Waals surface area contributed by atoms with Crippen LogP contribution in [0.25, 0.3) is 0 Å². The highest BCUT2D eigenvalue weighted by atomic mass is 79.9. The summed E-state index contributed by atoms with van der Waals surface area (Å²) >= 11 is 3.36. The van der Waals surface area contributed by atoms with Gasteiger partial charge in [-0.25, -0.2) is 13.5 Å². The Balaban J connectivity index is 1.67. The molecular formula is C20H18BrF2N3O2. The molecule has 3 aromatic rings. The molecular weight excluding hydrogens is 432 g/mol. The molecule has 1 N–H and O–H groups in total. The highest BCUT2D eigenvalue weighted by molar-refractivity contribution is 9.10. The highest BCUT2D eigenvalue weighted by Crippen LogP contribution is 2.22. The van der Waals surface area contributed by atoms with E-state index >= 15 is 0 Å². The molecule has 2 aromatic carbocycles. The van der Waals surface area contributed by atoms with Crippen LogP contribution in [0.2, 0.25) is 0 Å². The van der Waals surface area contributed by atoms with Gasteiger partial charge in [0.2, 0.25) is 5.91 Å². The summed E-state index contributed by atoms with van der Waals surface area (Å²) in [5.74, 6) is -1.70. The number of nitrogens with zero attached hydrogens (tertiary/aromatic N) is 2. The Labute approximate surface area is 169 Å². The second kappa shape index (κ2) is 8.52. The molecule has 0 saturated carbocycles. The fourth-order valence-electron chi connectivity index (χ4n) is 2.70. The minimum atomic E-state index is -0.787. The second-order valence-corrected chi connectivity index (χ2v) is 7.16. The lowest BCUT2D eigenvalue weighted by Gasteiger charge is -2.10. The molecule has 0 fully saturated rings. The van der Waals surface area contributed by atoms with Crippen LogP contribution >= 0.6 is 15.9 Å². The molecule has 5 nitrogen and oxygen atoms in total. The minimum Gasteiger partial charge on any atom is -0.468 e. The van der Waals surface area contributed by atoms with Gasteiger partial charge in [0.1, 0.15) is 5.82 Å². The molecule has 28 heavy (non-hydrogen) atoms. The number of carbonyl (C=O) groups excluding carboxylic acids is 1. The van der Waals surface area contributed by atoms with Gasteiger partial charge < -0.3 is 10.1 Å². The van der Waals surface area contributed by atoms with Crippen molar-refractivity contribution in [1.82, 2.24) is 9.78 Å². The van der Waals surface area contributed by atoms with Gasteiger partial charge in [0.25, 0.3) is 0 Å². The topological polar surface area (TPSA) is 56.1 Å². The van der Waals surface area contributed by atoms with Gasteiger partial charge in [-0.15, -0.1) is 0 Å². The van der Waals surface area contributed by atoms with Crippen LogP contribution in [0.4, 0.5) is 14.5 Å². The summed E-state index contributed by atoms with van der Waals surface area (Å²) in [6, 6.07) is 10.6. The number of aryl methyl sites for hydroxylation is 1. The Hall–Kier alpha value is -2.74. The third-order valence-corrected chi connectivity index (χ3v) is 4.69. The molecule has 3 rings (SSSR count). The van der Waals surface area contributed by atoms with Gasteiger partial charge in [-0.05, 0) is 43.7 Å². The lowest BCUT2D eigenvalue weighted by atomic mass is 10.1. The first-order valence-electron chi connectivity index (χ1n) is 8.49. The number of hydrogen-bond acceptors (Lipinski definition) is 3. The van der Waals surface area contributed by atoms with Crippen LogP contribution in [0.5, 0.6) is 5.75 Å². The van der Waals surface area contributed by atoms with Gasteiger partial charge in [-0.1, -0.05) is 28.1 Å². The molecule has 0 unspecified atom stereocenters. The molecule has 1 amide bonds.